The molecule has 2 aromatic carbocycles. The molecular formula is C17H10N4O6S2. The number of hydrogen-bond acceptors (Lipinski definition) is 9. The SMILES string of the molecule is O=C1/C(=C\c2cc([N+](=O)[O-])ccc2O)SC(=S)N1/N=C/c1ccccc1[N+](=O)[O-]. The number of amides is 1. The van der Waals surface area contributed by atoms with Gasteiger partial charge in [-0.05, 0) is 30.4 Å². The van der Waals surface area contributed by atoms with Crippen molar-refractivity contribution >= 4 is 57.9 Å². The first-order valence-corrected chi connectivity index (χ1v) is 9.03. The van der Waals surface area contributed by atoms with Crippen LogP contribution in [-0.4, -0.2) is 36.4 Å². The van der Waals surface area contributed by atoms with Gasteiger partial charge in [0, 0.05) is 23.8 Å². The summed E-state index contributed by atoms with van der Waals surface area (Å²) in [6, 6.07) is 9.27. The predicted octanol–water partition coefficient (Wildman–Crippen LogP) is 3.44. The number of carbonyl (C=O) groups excluding carboxylic acids is 1. The second-order valence-corrected chi connectivity index (χ2v) is 7.23. The molecule has 1 aliphatic rings. The molecule has 1 fully saturated rings. The number of hydrogen-bond donors (Lipinski definition) is 1. The summed E-state index contributed by atoms with van der Waals surface area (Å²) < 4.78 is 0.0704. The normalized spacial score (nSPS) is 15.4. The van der Waals surface area contributed by atoms with Crippen molar-refractivity contribution in [1.29, 1.82) is 0 Å². The second kappa shape index (κ2) is 8.16. The second-order valence-electron chi connectivity index (χ2n) is 5.55. The van der Waals surface area contributed by atoms with Crippen LogP contribution in [0.3, 0.4) is 0 Å². The van der Waals surface area contributed by atoms with Gasteiger partial charge in [-0.25, -0.2) is 0 Å². The van der Waals surface area contributed by atoms with E-state index in [-0.39, 0.29) is 37.5 Å². The van der Waals surface area contributed by atoms with Crippen molar-refractivity contribution in [3.8, 4) is 5.75 Å². The Labute approximate surface area is 172 Å². The van der Waals surface area contributed by atoms with Gasteiger partial charge in [-0.3, -0.25) is 25.0 Å². The highest BCUT2D eigenvalue weighted by Gasteiger charge is 2.32. The molecule has 2 aromatic rings. The van der Waals surface area contributed by atoms with Gasteiger partial charge in [0.05, 0.1) is 26.5 Å². The Balaban J connectivity index is 1.89. The Hall–Kier alpha value is -3.64. The molecule has 29 heavy (non-hydrogen) atoms. The van der Waals surface area contributed by atoms with Crippen molar-refractivity contribution < 1.29 is 19.7 Å². The molecule has 0 aliphatic carbocycles. The highest BCUT2D eigenvalue weighted by molar-refractivity contribution is 8.26. The number of phenolic OH excluding ortho intramolecular Hbond substituents is 1. The zero-order valence-corrected chi connectivity index (χ0v) is 15.9. The number of nitro benzene ring substituents is 2. The first-order chi connectivity index (χ1) is 13.8. The summed E-state index contributed by atoms with van der Waals surface area (Å²) in [4.78, 5) is 33.4. The minimum atomic E-state index is -0.626. The van der Waals surface area contributed by atoms with Gasteiger partial charge in [0.2, 0.25) is 0 Å². The summed E-state index contributed by atoms with van der Waals surface area (Å²) in [5.74, 6) is -0.870. The Bertz CT molecular complexity index is 1110. The van der Waals surface area contributed by atoms with E-state index in [1.807, 2.05) is 0 Å². The summed E-state index contributed by atoms with van der Waals surface area (Å²) in [6.45, 7) is 0. The number of aromatic hydroxyl groups is 1. The monoisotopic (exact) mass is 430 g/mol. The van der Waals surface area contributed by atoms with Gasteiger partial charge in [-0.1, -0.05) is 23.9 Å². The van der Waals surface area contributed by atoms with E-state index in [1.165, 1.54) is 24.3 Å². The Kier molecular flexibility index (Phi) is 5.66. The van der Waals surface area contributed by atoms with E-state index in [0.29, 0.717) is 0 Å². The van der Waals surface area contributed by atoms with Gasteiger partial charge < -0.3 is 5.11 Å². The lowest BCUT2D eigenvalue weighted by molar-refractivity contribution is -0.385. The number of phenols is 1. The number of carbonyl (C=O) groups is 1. The average Bonchev–Trinajstić information content (AvgIpc) is 2.94. The molecule has 1 aliphatic heterocycles. The molecule has 1 saturated heterocycles. The van der Waals surface area contributed by atoms with Crippen LogP contribution in [0.15, 0.2) is 52.5 Å². The summed E-state index contributed by atoms with van der Waals surface area (Å²) in [5, 5.41) is 36.7. The Morgan fingerprint density at radius 2 is 1.83 bits per heavy atom. The van der Waals surface area contributed by atoms with Crippen LogP contribution in [0.2, 0.25) is 0 Å². The number of thioether (sulfide) groups is 1. The van der Waals surface area contributed by atoms with Crippen LogP contribution in [0.4, 0.5) is 11.4 Å². The number of hydrazone groups is 1. The minimum Gasteiger partial charge on any atom is -0.507 e. The van der Waals surface area contributed by atoms with Crippen LogP contribution in [0.1, 0.15) is 11.1 Å². The zero-order chi connectivity index (χ0) is 21.1. The summed E-state index contributed by atoms with van der Waals surface area (Å²) in [7, 11) is 0. The van der Waals surface area contributed by atoms with E-state index in [2.05, 4.69) is 5.10 Å². The third kappa shape index (κ3) is 4.28. The fourth-order valence-corrected chi connectivity index (χ4v) is 3.52. The highest BCUT2D eigenvalue weighted by atomic mass is 32.2. The summed E-state index contributed by atoms with van der Waals surface area (Å²) >= 11 is 6.01. The maximum atomic E-state index is 12.6. The summed E-state index contributed by atoms with van der Waals surface area (Å²) in [5.41, 5.74) is -0.174. The lowest BCUT2D eigenvalue weighted by atomic mass is 10.1. The largest absolute Gasteiger partial charge is 0.507 e. The van der Waals surface area contributed by atoms with E-state index in [1.54, 1.807) is 6.07 Å². The molecule has 10 nitrogen and oxygen atoms in total. The van der Waals surface area contributed by atoms with Gasteiger partial charge in [0.25, 0.3) is 17.3 Å². The van der Waals surface area contributed by atoms with E-state index in [0.717, 1.165) is 41.2 Å². The number of nitro groups is 2. The van der Waals surface area contributed by atoms with Crippen LogP contribution in [-0.2, 0) is 4.79 Å². The molecule has 0 radical (unpaired) electrons. The van der Waals surface area contributed by atoms with E-state index >= 15 is 0 Å². The lowest BCUT2D eigenvalue weighted by Gasteiger charge is -2.06. The Morgan fingerprint density at radius 3 is 2.52 bits per heavy atom. The average molecular weight is 430 g/mol. The predicted molar refractivity (Wildman–Crippen MR) is 110 cm³/mol. The van der Waals surface area contributed by atoms with E-state index in [4.69, 9.17) is 12.2 Å². The van der Waals surface area contributed by atoms with Crippen molar-refractivity contribution in [2.24, 2.45) is 5.10 Å². The number of thiocarbonyl (C=S) groups is 1. The number of non-ortho nitro benzene ring substituents is 1. The fourth-order valence-electron chi connectivity index (χ4n) is 2.35. The van der Waals surface area contributed by atoms with E-state index in [9.17, 15) is 30.1 Å². The first kappa shape index (κ1) is 20.1. The van der Waals surface area contributed by atoms with Crippen molar-refractivity contribution in [3.63, 3.8) is 0 Å². The zero-order valence-electron chi connectivity index (χ0n) is 14.3. The molecule has 0 bridgehead atoms. The topological polar surface area (TPSA) is 139 Å². The van der Waals surface area contributed by atoms with E-state index < -0.39 is 15.8 Å². The number of para-hydroxylation sites is 1. The molecule has 146 valence electrons. The maximum absolute atomic E-state index is 12.6. The standard InChI is InChI=1S/C17H10N4O6S2/c22-14-6-5-12(20(24)25)7-11(14)8-15-16(23)19(17(28)29-15)18-9-10-3-1-2-4-13(10)21(26)27/h1-9,22H/b15-8+,18-9+. The van der Waals surface area contributed by atoms with Crippen LogP contribution in [0.5, 0.6) is 5.75 Å². The van der Waals surface area contributed by atoms with Crippen molar-refractivity contribution in [3.05, 3.63) is 78.7 Å². The van der Waals surface area contributed by atoms with Crippen molar-refractivity contribution in [2.45, 2.75) is 0 Å². The molecule has 12 heteroatoms. The van der Waals surface area contributed by atoms with Gasteiger partial charge in [0.15, 0.2) is 4.32 Å². The Morgan fingerprint density at radius 1 is 1.10 bits per heavy atom. The maximum Gasteiger partial charge on any atom is 0.286 e. The first-order valence-electron chi connectivity index (χ1n) is 7.80. The molecule has 0 spiro atoms. The molecule has 3 rings (SSSR count). The molecule has 1 N–H and O–H groups in total. The molecular weight excluding hydrogens is 420 g/mol. The van der Waals surface area contributed by atoms with Crippen molar-refractivity contribution in [1.82, 2.24) is 5.01 Å². The number of benzene rings is 2. The van der Waals surface area contributed by atoms with Crippen molar-refractivity contribution in [2.75, 3.05) is 0 Å². The number of nitrogens with zero attached hydrogens (tertiary/aromatic N) is 4. The molecule has 1 heterocycles. The molecule has 0 aromatic heterocycles. The molecule has 0 saturated carbocycles. The van der Waals surface area contributed by atoms with Crippen LogP contribution >= 0.6 is 24.0 Å². The smallest absolute Gasteiger partial charge is 0.286 e. The number of rotatable bonds is 5. The fraction of sp³-hybridized carbons (Fsp3) is 0. The van der Waals surface area contributed by atoms with Crippen LogP contribution in [0, 0.1) is 20.2 Å². The minimum absolute atomic E-state index is 0.0704. The van der Waals surface area contributed by atoms with Gasteiger partial charge in [-0.2, -0.15) is 10.1 Å². The third-order valence-electron chi connectivity index (χ3n) is 3.73. The van der Waals surface area contributed by atoms with Crippen LogP contribution < -0.4 is 0 Å². The molecule has 0 unspecified atom stereocenters. The van der Waals surface area contributed by atoms with Gasteiger partial charge in [0.1, 0.15) is 5.75 Å². The van der Waals surface area contributed by atoms with Gasteiger partial charge in [-0.15, -0.1) is 0 Å². The van der Waals surface area contributed by atoms with Gasteiger partial charge >= 0.3 is 0 Å². The highest BCUT2D eigenvalue weighted by Crippen LogP contribution is 2.35. The quantitative estimate of drug-likeness (QED) is 0.250. The summed E-state index contributed by atoms with van der Waals surface area (Å²) in [6.07, 6.45) is 2.42. The third-order valence-corrected chi connectivity index (χ3v) is 5.01. The van der Waals surface area contributed by atoms with Crippen LogP contribution in [0.25, 0.3) is 6.08 Å². The lowest BCUT2D eigenvalue weighted by Crippen LogP contribution is -2.22. The molecule has 1 amide bonds. The molecule has 0 atom stereocenters.